The highest BCUT2D eigenvalue weighted by molar-refractivity contribution is 6.36. The molecule has 4 nitrogen and oxygen atoms in total. The van der Waals surface area contributed by atoms with Crippen molar-refractivity contribution in [3.63, 3.8) is 0 Å². The standard InChI is InChI=1S/C20H11Cl2N3O.ClH/c21-13-5-7-15(16(22)10-13)19-8-6-14(26-19)9-12(11-23)20-24-17-3-1-2-4-18(17)25-20;/h1-10H,(H,24,25);1H. The van der Waals surface area contributed by atoms with E-state index in [-0.39, 0.29) is 12.4 Å². The molecule has 0 fully saturated rings. The maximum atomic E-state index is 9.51. The highest BCUT2D eigenvalue weighted by Crippen LogP contribution is 2.32. The van der Waals surface area contributed by atoms with Crippen molar-refractivity contribution < 1.29 is 4.42 Å². The molecule has 7 heteroatoms. The number of nitrogens with zero attached hydrogens (tertiary/aromatic N) is 2. The Balaban J connectivity index is 0.00000210. The monoisotopic (exact) mass is 415 g/mol. The van der Waals surface area contributed by atoms with Gasteiger partial charge in [0, 0.05) is 16.7 Å². The molecule has 0 bridgehead atoms. The number of allylic oxidation sites excluding steroid dienone is 1. The zero-order valence-electron chi connectivity index (χ0n) is 13.7. The normalized spacial score (nSPS) is 11.2. The van der Waals surface area contributed by atoms with Gasteiger partial charge in [0.15, 0.2) is 0 Å². The lowest BCUT2D eigenvalue weighted by atomic mass is 10.2. The van der Waals surface area contributed by atoms with E-state index in [4.69, 9.17) is 27.6 Å². The predicted molar refractivity (Wildman–Crippen MR) is 111 cm³/mol. The van der Waals surface area contributed by atoms with Gasteiger partial charge in [0.2, 0.25) is 0 Å². The second kappa shape index (κ2) is 7.89. The molecule has 0 amide bonds. The van der Waals surface area contributed by atoms with Crippen LogP contribution in [0.4, 0.5) is 0 Å². The van der Waals surface area contributed by atoms with Gasteiger partial charge in [-0.3, -0.25) is 0 Å². The summed E-state index contributed by atoms with van der Waals surface area (Å²) in [6, 6.07) is 18.5. The average molecular weight is 417 g/mol. The number of fused-ring (bicyclic) bond motifs is 1. The van der Waals surface area contributed by atoms with Crippen LogP contribution in [-0.2, 0) is 0 Å². The van der Waals surface area contributed by atoms with Crippen molar-refractivity contribution in [2.45, 2.75) is 0 Å². The highest BCUT2D eigenvalue weighted by Gasteiger charge is 2.11. The Bertz CT molecular complexity index is 1150. The number of halogens is 3. The molecule has 0 aliphatic heterocycles. The highest BCUT2D eigenvalue weighted by atomic mass is 35.5. The first-order valence-electron chi connectivity index (χ1n) is 7.76. The van der Waals surface area contributed by atoms with Crippen molar-refractivity contribution in [2.24, 2.45) is 0 Å². The zero-order valence-corrected chi connectivity index (χ0v) is 16.1. The fourth-order valence-corrected chi connectivity index (χ4v) is 3.14. The van der Waals surface area contributed by atoms with Crippen LogP contribution >= 0.6 is 35.6 Å². The average Bonchev–Trinajstić information content (AvgIpc) is 3.26. The minimum absolute atomic E-state index is 0. The van der Waals surface area contributed by atoms with Crippen molar-refractivity contribution in [3.05, 3.63) is 76.2 Å². The number of aromatic amines is 1. The number of nitriles is 1. The van der Waals surface area contributed by atoms with Crippen LogP contribution in [0.25, 0.3) is 34.0 Å². The van der Waals surface area contributed by atoms with Gasteiger partial charge in [-0.1, -0.05) is 35.3 Å². The van der Waals surface area contributed by atoms with E-state index < -0.39 is 0 Å². The SMILES string of the molecule is Cl.N#CC(=Cc1ccc(-c2ccc(Cl)cc2Cl)o1)c1nc2ccccc2[nH]1. The van der Waals surface area contributed by atoms with Crippen molar-refractivity contribution in [2.75, 3.05) is 0 Å². The predicted octanol–water partition coefficient (Wildman–Crippen LogP) is 6.62. The lowest BCUT2D eigenvalue weighted by Crippen LogP contribution is -1.84. The van der Waals surface area contributed by atoms with Crippen molar-refractivity contribution >= 4 is 58.3 Å². The Morgan fingerprint density at radius 1 is 1.11 bits per heavy atom. The molecule has 4 rings (SSSR count). The van der Waals surface area contributed by atoms with Gasteiger partial charge in [0.25, 0.3) is 0 Å². The lowest BCUT2D eigenvalue weighted by molar-refractivity contribution is 0.572. The molecule has 0 aliphatic rings. The summed E-state index contributed by atoms with van der Waals surface area (Å²) < 4.78 is 5.82. The Morgan fingerprint density at radius 2 is 1.93 bits per heavy atom. The molecule has 0 spiro atoms. The molecular weight excluding hydrogens is 405 g/mol. The third-order valence-corrected chi connectivity index (χ3v) is 4.42. The van der Waals surface area contributed by atoms with E-state index >= 15 is 0 Å². The van der Waals surface area contributed by atoms with Crippen LogP contribution < -0.4 is 0 Å². The Hall–Kier alpha value is -2.71. The molecule has 2 aromatic carbocycles. The van der Waals surface area contributed by atoms with Gasteiger partial charge in [-0.05, 0) is 42.5 Å². The van der Waals surface area contributed by atoms with E-state index in [0.29, 0.717) is 33.0 Å². The maximum Gasteiger partial charge on any atom is 0.149 e. The second-order valence-corrected chi connectivity index (χ2v) is 6.44. The van der Waals surface area contributed by atoms with E-state index in [1.54, 1.807) is 36.4 Å². The van der Waals surface area contributed by atoms with Crippen molar-refractivity contribution in [1.29, 1.82) is 5.26 Å². The van der Waals surface area contributed by atoms with Gasteiger partial charge in [-0.2, -0.15) is 5.26 Å². The second-order valence-electron chi connectivity index (χ2n) is 5.60. The smallest absolute Gasteiger partial charge is 0.149 e. The minimum atomic E-state index is 0. The zero-order chi connectivity index (χ0) is 18.1. The van der Waals surface area contributed by atoms with Crippen LogP contribution in [-0.4, -0.2) is 9.97 Å². The lowest BCUT2D eigenvalue weighted by Gasteiger charge is -2.00. The van der Waals surface area contributed by atoms with Crippen LogP contribution in [0.1, 0.15) is 11.6 Å². The summed E-state index contributed by atoms with van der Waals surface area (Å²) in [5.41, 5.74) is 2.79. The molecule has 0 atom stereocenters. The van der Waals surface area contributed by atoms with Crippen LogP contribution in [0, 0.1) is 11.3 Å². The van der Waals surface area contributed by atoms with Gasteiger partial charge in [0.1, 0.15) is 23.4 Å². The molecule has 2 aromatic heterocycles. The number of hydrogen-bond donors (Lipinski definition) is 1. The quantitative estimate of drug-likeness (QED) is 0.382. The fourth-order valence-electron chi connectivity index (χ4n) is 2.64. The molecule has 4 aromatic rings. The Morgan fingerprint density at radius 3 is 2.67 bits per heavy atom. The van der Waals surface area contributed by atoms with Crippen molar-refractivity contribution in [1.82, 2.24) is 9.97 Å². The van der Waals surface area contributed by atoms with Gasteiger partial charge < -0.3 is 9.40 Å². The first-order valence-corrected chi connectivity index (χ1v) is 8.52. The van der Waals surface area contributed by atoms with E-state index in [2.05, 4.69) is 16.0 Å². The maximum absolute atomic E-state index is 9.51. The fraction of sp³-hybridized carbons (Fsp3) is 0. The molecular formula is C20H12Cl3N3O. The molecule has 0 radical (unpaired) electrons. The summed E-state index contributed by atoms with van der Waals surface area (Å²) in [5.74, 6) is 1.62. The number of nitrogens with one attached hydrogen (secondary N) is 1. The third-order valence-electron chi connectivity index (χ3n) is 3.87. The summed E-state index contributed by atoms with van der Waals surface area (Å²) in [7, 11) is 0. The molecule has 2 heterocycles. The molecule has 0 aliphatic carbocycles. The Labute approximate surface area is 171 Å². The van der Waals surface area contributed by atoms with Gasteiger partial charge in [-0.15, -0.1) is 12.4 Å². The number of imidazole rings is 1. The van der Waals surface area contributed by atoms with E-state index in [0.717, 1.165) is 16.6 Å². The molecule has 0 unspecified atom stereocenters. The van der Waals surface area contributed by atoms with E-state index in [1.165, 1.54) is 0 Å². The summed E-state index contributed by atoms with van der Waals surface area (Å²) >= 11 is 12.1. The largest absolute Gasteiger partial charge is 0.457 e. The molecule has 1 N–H and O–H groups in total. The van der Waals surface area contributed by atoms with Gasteiger partial charge in [-0.25, -0.2) is 4.98 Å². The number of hydrogen-bond acceptors (Lipinski definition) is 3. The first-order chi connectivity index (χ1) is 12.6. The van der Waals surface area contributed by atoms with Crippen LogP contribution in [0.2, 0.25) is 10.0 Å². The number of rotatable bonds is 3. The van der Waals surface area contributed by atoms with Crippen LogP contribution in [0.5, 0.6) is 0 Å². The summed E-state index contributed by atoms with van der Waals surface area (Å²) in [6.45, 7) is 0. The molecule has 27 heavy (non-hydrogen) atoms. The molecule has 134 valence electrons. The summed E-state index contributed by atoms with van der Waals surface area (Å²) in [6.07, 6.45) is 1.64. The molecule has 0 saturated heterocycles. The van der Waals surface area contributed by atoms with Crippen molar-refractivity contribution in [3.8, 4) is 17.4 Å². The Kier molecular flexibility index (Phi) is 5.57. The number of furan rings is 1. The van der Waals surface area contributed by atoms with Crippen LogP contribution in [0.3, 0.4) is 0 Å². The third kappa shape index (κ3) is 3.86. The number of H-pyrrole nitrogens is 1. The summed E-state index contributed by atoms with van der Waals surface area (Å²) in [5, 5.41) is 10.6. The number of benzene rings is 2. The van der Waals surface area contributed by atoms with E-state index in [9.17, 15) is 5.26 Å². The van der Waals surface area contributed by atoms with Gasteiger partial charge >= 0.3 is 0 Å². The summed E-state index contributed by atoms with van der Waals surface area (Å²) in [4.78, 5) is 7.59. The number of aromatic nitrogens is 2. The number of para-hydroxylation sites is 2. The molecule has 0 saturated carbocycles. The van der Waals surface area contributed by atoms with Crippen LogP contribution in [0.15, 0.2) is 59.0 Å². The first kappa shape index (κ1) is 19.1. The topological polar surface area (TPSA) is 65.6 Å². The van der Waals surface area contributed by atoms with Gasteiger partial charge in [0.05, 0.1) is 21.6 Å². The minimum Gasteiger partial charge on any atom is -0.457 e. The van der Waals surface area contributed by atoms with E-state index in [1.807, 2.05) is 24.3 Å².